The summed E-state index contributed by atoms with van der Waals surface area (Å²) in [6, 6.07) is 11.3. The predicted octanol–water partition coefficient (Wildman–Crippen LogP) is 4.43. The Labute approximate surface area is 175 Å². The van der Waals surface area contributed by atoms with Crippen molar-refractivity contribution in [2.75, 3.05) is 28.6 Å². The molecule has 30 heavy (non-hydrogen) atoms. The van der Waals surface area contributed by atoms with Crippen LogP contribution in [0.5, 0.6) is 0 Å². The normalized spacial score (nSPS) is 13.8. The highest BCUT2D eigenvalue weighted by atomic mass is 16.6. The molecule has 0 unspecified atom stereocenters. The number of benzene rings is 2. The van der Waals surface area contributed by atoms with E-state index < -0.39 is 10.8 Å². The van der Waals surface area contributed by atoms with Crippen LogP contribution in [0.3, 0.4) is 0 Å². The number of rotatable bonds is 6. The molecule has 1 aliphatic rings. The minimum atomic E-state index is -0.438. The molecule has 2 amide bonds. The zero-order valence-electron chi connectivity index (χ0n) is 17.2. The molecule has 1 heterocycles. The van der Waals surface area contributed by atoms with Crippen molar-refractivity contribution in [3.63, 3.8) is 0 Å². The highest BCUT2D eigenvalue weighted by molar-refractivity contribution is 6.05. The summed E-state index contributed by atoms with van der Waals surface area (Å²) in [4.78, 5) is 37.5. The summed E-state index contributed by atoms with van der Waals surface area (Å²) >= 11 is 0. The number of nitro groups is 1. The number of nitro benzene ring substituents is 1. The highest BCUT2D eigenvalue weighted by Crippen LogP contribution is 2.31. The second kappa shape index (κ2) is 9.39. The summed E-state index contributed by atoms with van der Waals surface area (Å²) in [6.45, 7) is 5.18. The molecule has 0 atom stereocenters. The molecule has 0 aromatic heterocycles. The number of amides is 2. The smallest absolute Gasteiger partial charge is 0.293 e. The maximum atomic E-state index is 12.6. The third kappa shape index (κ3) is 5.14. The van der Waals surface area contributed by atoms with Crippen LogP contribution in [0.4, 0.5) is 22.7 Å². The summed E-state index contributed by atoms with van der Waals surface area (Å²) in [5.41, 5.74) is 1.89. The van der Waals surface area contributed by atoms with E-state index in [0.29, 0.717) is 17.1 Å². The molecule has 0 bridgehead atoms. The van der Waals surface area contributed by atoms with Gasteiger partial charge < -0.3 is 15.5 Å². The average molecular weight is 410 g/mol. The molecule has 0 saturated carbocycles. The van der Waals surface area contributed by atoms with E-state index >= 15 is 0 Å². The minimum absolute atomic E-state index is 0.0590. The van der Waals surface area contributed by atoms with Crippen molar-refractivity contribution in [2.45, 2.75) is 33.1 Å². The SMILES string of the molecule is CC(C)C(=O)Nc1ccc(NC(=O)c2ccc(N3CCCCC3)c([N+](=O)[O-])c2)cc1. The van der Waals surface area contributed by atoms with Crippen LogP contribution in [0.2, 0.25) is 0 Å². The van der Waals surface area contributed by atoms with Crippen LogP contribution in [0.1, 0.15) is 43.5 Å². The van der Waals surface area contributed by atoms with Crippen LogP contribution in [-0.2, 0) is 4.79 Å². The first-order chi connectivity index (χ1) is 14.3. The lowest BCUT2D eigenvalue weighted by molar-refractivity contribution is -0.384. The zero-order chi connectivity index (χ0) is 21.7. The van der Waals surface area contributed by atoms with Gasteiger partial charge in [0.2, 0.25) is 5.91 Å². The van der Waals surface area contributed by atoms with Crippen LogP contribution in [-0.4, -0.2) is 29.8 Å². The van der Waals surface area contributed by atoms with E-state index in [1.165, 1.54) is 6.07 Å². The Morgan fingerprint density at radius 2 is 1.57 bits per heavy atom. The molecule has 1 aliphatic heterocycles. The molecular formula is C22H26N4O4. The fourth-order valence-electron chi connectivity index (χ4n) is 3.34. The molecule has 2 aromatic rings. The molecule has 0 spiro atoms. The van der Waals surface area contributed by atoms with Crippen LogP contribution in [0.25, 0.3) is 0 Å². The molecule has 2 N–H and O–H groups in total. The van der Waals surface area contributed by atoms with Crippen molar-refractivity contribution in [1.29, 1.82) is 0 Å². The Kier molecular flexibility index (Phi) is 6.66. The van der Waals surface area contributed by atoms with E-state index in [4.69, 9.17) is 0 Å². The first-order valence-electron chi connectivity index (χ1n) is 10.1. The van der Waals surface area contributed by atoms with Crippen molar-refractivity contribution < 1.29 is 14.5 Å². The largest absolute Gasteiger partial charge is 0.366 e. The summed E-state index contributed by atoms with van der Waals surface area (Å²) in [5.74, 6) is -0.650. The Morgan fingerprint density at radius 1 is 0.967 bits per heavy atom. The van der Waals surface area contributed by atoms with Crippen LogP contribution in [0.15, 0.2) is 42.5 Å². The molecule has 8 heteroatoms. The van der Waals surface area contributed by atoms with Gasteiger partial charge in [-0.25, -0.2) is 0 Å². The number of hydrogen-bond acceptors (Lipinski definition) is 5. The highest BCUT2D eigenvalue weighted by Gasteiger charge is 2.23. The van der Waals surface area contributed by atoms with Gasteiger partial charge in [-0.15, -0.1) is 0 Å². The fraction of sp³-hybridized carbons (Fsp3) is 0.364. The van der Waals surface area contributed by atoms with Crippen molar-refractivity contribution in [3.8, 4) is 0 Å². The number of nitrogens with one attached hydrogen (secondary N) is 2. The molecule has 158 valence electrons. The molecule has 0 radical (unpaired) electrons. The number of nitrogens with zero attached hydrogens (tertiary/aromatic N) is 2. The predicted molar refractivity (Wildman–Crippen MR) is 117 cm³/mol. The monoisotopic (exact) mass is 410 g/mol. The zero-order valence-corrected chi connectivity index (χ0v) is 17.2. The lowest BCUT2D eigenvalue weighted by Crippen LogP contribution is -2.30. The fourth-order valence-corrected chi connectivity index (χ4v) is 3.34. The van der Waals surface area contributed by atoms with Crippen LogP contribution < -0.4 is 15.5 Å². The summed E-state index contributed by atoms with van der Waals surface area (Å²) in [5, 5.41) is 17.1. The van der Waals surface area contributed by atoms with E-state index in [0.717, 1.165) is 32.4 Å². The quantitative estimate of drug-likeness (QED) is 0.541. The van der Waals surface area contributed by atoms with Gasteiger partial charge in [0.25, 0.3) is 11.6 Å². The van der Waals surface area contributed by atoms with E-state index in [-0.39, 0.29) is 23.1 Å². The number of anilines is 3. The van der Waals surface area contributed by atoms with Gasteiger partial charge in [-0.1, -0.05) is 13.8 Å². The van der Waals surface area contributed by atoms with Gasteiger partial charge in [-0.2, -0.15) is 0 Å². The maximum Gasteiger partial charge on any atom is 0.293 e. The molecule has 1 fully saturated rings. The van der Waals surface area contributed by atoms with Gasteiger partial charge in [-0.05, 0) is 55.7 Å². The third-order valence-corrected chi connectivity index (χ3v) is 5.07. The summed E-state index contributed by atoms with van der Waals surface area (Å²) < 4.78 is 0. The van der Waals surface area contributed by atoms with Gasteiger partial charge >= 0.3 is 0 Å². The lowest BCUT2D eigenvalue weighted by atomic mass is 10.1. The second-order valence-corrected chi connectivity index (χ2v) is 7.68. The van der Waals surface area contributed by atoms with Crippen LogP contribution in [0, 0.1) is 16.0 Å². The maximum absolute atomic E-state index is 12.6. The Balaban J connectivity index is 1.72. The van der Waals surface area contributed by atoms with Gasteiger partial charge in [0.05, 0.1) is 4.92 Å². The second-order valence-electron chi connectivity index (χ2n) is 7.68. The molecular weight excluding hydrogens is 384 g/mol. The third-order valence-electron chi connectivity index (χ3n) is 5.07. The molecule has 0 aliphatic carbocycles. The first kappa shape index (κ1) is 21.3. The standard InChI is InChI=1S/C22H26N4O4/c1-15(2)21(27)23-17-7-9-18(10-8-17)24-22(28)16-6-11-19(20(14-16)26(29)30)25-12-4-3-5-13-25/h6-11,14-15H,3-5,12-13H2,1-2H3,(H,23,27)(H,24,28). The number of piperidine rings is 1. The number of carbonyl (C=O) groups is 2. The molecule has 1 saturated heterocycles. The number of carbonyl (C=O) groups excluding carboxylic acids is 2. The van der Waals surface area contributed by atoms with Crippen molar-refractivity contribution in [1.82, 2.24) is 0 Å². The van der Waals surface area contributed by atoms with Crippen LogP contribution >= 0.6 is 0 Å². The van der Waals surface area contributed by atoms with Gasteiger partial charge in [0, 0.05) is 42.0 Å². The van der Waals surface area contributed by atoms with Gasteiger partial charge in [0.15, 0.2) is 0 Å². The minimum Gasteiger partial charge on any atom is -0.366 e. The van der Waals surface area contributed by atoms with Gasteiger partial charge in [-0.3, -0.25) is 19.7 Å². The Morgan fingerprint density at radius 3 is 2.13 bits per heavy atom. The van der Waals surface area contributed by atoms with Crippen molar-refractivity contribution in [3.05, 3.63) is 58.1 Å². The topological polar surface area (TPSA) is 105 Å². The summed E-state index contributed by atoms with van der Waals surface area (Å²) in [6.07, 6.45) is 3.14. The molecule has 8 nitrogen and oxygen atoms in total. The van der Waals surface area contributed by atoms with Crippen molar-refractivity contribution in [2.24, 2.45) is 5.92 Å². The van der Waals surface area contributed by atoms with Gasteiger partial charge in [0.1, 0.15) is 5.69 Å². The van der Waals surface area contributed by atoms with E-state index in [2.05, 4.69) is 10.6 Å². The summed E-state index contributed by atoms with van der Waals surface area (Å²) in [7, 11) is 0. The average Bonchev–Trinajstić information content (AvgIpc) is 2.75. The van der Waals surface area contributed by atoms with E-state index in [1.807, 2.05) is 4.90 Å². The van der Waals surface area contributed by atoms with Crippen molar-refractivity contribution >= 4 is 34.6 Å². The van der Waals surface area contributed by atoms with E-state index in [9.17, 15) is 19.7 Å². The Hall–Kier alpha value is -3.42. The first-order valence-corrected chi connectivity index (χ1v) is 10.1. The number of hydrogen-bond donors (Lipinski definition) is 2. The van der Waals surface area contributed by atoms with E-state index in [1.54, 1.807) is 50.2 Å². The molecule has 3 rings (SSSR count). The molecule has 2 aromatic carbocycles. The Bertz CT molecular complexity index is 935. The lowest BCUT2D eigenvalue weighted by Gasteiger charge is -2.28.